The van der Waals surface area contributed by atoms with Gasteiger partial charge in [0.15, 0.2) is 0 Å². The summed E-state index contributed by atoms with van der Waals surface area (Å²) in [6.45, 7) is 0. The molecular weight excluding hydrogens is 290 g/mol. The van der Waals surface area contributed by atoms with Crippen molar-refractivity contribution in [3.05, 3.63) is 63.2 Å². The van der Waals surface area contributed by atoms with Gasteiger partial charge in [-0.2, -0.15) is 0 Å². The molecule has 0 N–H and O–H groups in total. The van der Waals surface area contributed by atoms with Gasteiger partial charge in [-0.3, -0.25) is 10.1 Å². The summed E-state index contributed by atoms with van der Waals surface area (Å²) >= 11 is 5.72. The minimum absolute atomic E-state index is 0.0614. The number of nitro benzene ring substituents is 1. The van der Waals surface area contributed by atoms with Crippen molar-refractivity contribution < 1.29 is 9.66 Å². The van der Waals surface area contributed by atoms with E-state index < -0.39 is 4.92 Å². The average molecular weight is 304 g/mol. The van der Waals surface area contributed by atoms with Crippen molar-refractivity contribution in [2.75, 3.05) is 0 Å². The van der Waals surface area contributed by atoms with Crippen molar-refractivity contribution in [3.63, 3.8) is 0 Å². The van der Waals surface area contributed by atoms with Crippen LogP contribution >= 0.6 is 11.6 Å². The Hall–Kier alpha value is -2.07. The van der Waals surface area contributed by atoms with Crippen LogP contribution in [0.4, 0.5) is 5.69 Å². The number of halogens is 1. The Kier molecular flexibility index (Phi) is 3.80. The molecule has 0 atom stereocenters. The lowest BCUT2D eigenvalue weighted by molar-refractivity contribution is -0.385. The van der Waals surface area contributed by atoms with Crippen LogP contribution in [0, 0.1) is 10.1 Å². The summed E-state index contributed by atoms with van der Waals surface area (Å²) in [4.78, 5) is 10.7. The molecule has 2 aromatic carbocycles. The molecule has 0 spiro atoms. The number of benzene rings is 2. The number of nitrogens with zero attached hydrogens (tertiary/aromatic N) is 1. The molecule has 0 aliphatic heterocycles. The number of hydrogen-bond acceptors (Lipinski definition) is 3. The van der Waals surface area contributed by atoms with E-state index in [4.69, 9.17) is 16.3 Å². The van der Waals surface area contributed by atoms with E-state index in [9.17, 15) is 10.1 Å². The zero-order chi connectivity index (χ0) is 14.8. The minimum atomic E-state index is -0.446. The summed E-state index contributed by atoms with van der Waals surface area (Å²) in [6.07, 6.45) is 3.29. The predicted molar refractivity (Wildman–Crippen MR) is 81.2 cm³/mol. The molecule has 0 fully saturated rings. The molecule has 3 rings (SSSR count). The van der Waals surface area contributed by atoms with Gasteiger partial charge in [-0.25, -0.2) is 0 Å². The van der Waals surface area contributed by atoms with Gasteiger partial charge in [0.05, 0.1) is 4.92 Å². The molecule has 0 amide bonds. The van der Waals surface area contributed by atoms with Gasteiger partial charge in [0.2, 0.25) is 5.75 Å². The molecule has 21 heavy (non-hydrogen) atoms. The lowest BCUT2D eigenvalue weighted by Gasteiger charge is -2.09. The van der Waals surface area contributed by atoms with Crippen molar-refractivity contribution in [2.24, 2.45) is 0 Å². The smallest absolute Gasteiger partial charge is 0.311 e. The molecule has 0 aromatic heterocycles. The molecule has 0 bridgehead atoms. The maximum Gasteiger partial charge on any atom is 0.311 e. The minimum Gasteiger partial charge on any atom is -0.450 e. The summed E-state index contributed by atoms with van der Waals surface area (Å²) < 4.78 is 5.71. The summed E-state index contributed by atoms with van der Waals surface area (Å²) in [5.41, 5.74) is 3.25. The van der Waals surface area contributed by atoms with Gasteiger partial charge in [0.25, 0.3) is 0 Å². The SMILES string of the molecule is O=[N+]([O-])c1cc(CCl)ccc1Oc1ccc2c(c1)CCC2. The normalized spacial score (nSPS) is 13.0. The zero-order valence-corrected chi connectivity index (χ0v) is 12.1. The van der Waals surface area contributed by atoms with Crippen LogP contribution in [0.1, 0.15) is 23.1 Å². The van der Waals surface area contributed by atoms with Gasteiger partial charge in [-0.15, -0.1) is 11.6 Å². The second-order valence-electron chi connectivity index (χ2n) is 5.08. The molecule has 1 aliphatic carbocycles. The van der Waals surface area contributed by atoms with Crippen LogP contribution in [0.5, 0.6) is 11.5 Å². The highest BCUT2D eigenvalue weighted by atomic mass is 35.5. The molecule has 0 unspecified atom stereocenters. The van der Waals surface area contributed by atoms with Gasteiger partial charge in [0.1, 0.15) is 5.75 Å². The van der Waals surface area contributed by atoms with E-state index in [0.717, 1.165) is 19.3 Å². The number of ether oxygens (including phenoxy) is 1. The third-order valence-electron chi connectivity index (χ3n) is 3.67. The predicted octanol–water partition coefficient (Wildman–Crippen LogP) is 4.61. The molecule has 0 heterocycles. The zero-order valence-electron chi connectivity index (χ0n) is 11.3. The number of hydrogen-bond donors (Lipinski definition) is 0. The third-order valence-corrected chi connectivity index (χ3v) is 3.98. The molecule has 0 saturated carbocycles. The molecular formula is C16H14ClNO3. The largest absolute Gasteiger partial charge is 0.450 e. The van der Waals surface area contributed by atoms with Crippen molar-refractivity contribution in [2.45, 2.75) is 25.1 Å². The Morgan fingerprint density at radius 1 is 1.14 bits per heavy atom. The van der Waals surface area contributed by atoms with E-state index in [-0.39, 0.29) is 17.3 Å². The van der Waals surface area contributed by atoms with Crippen molar-refractivity contribution in [1.82, 2.24) is 0 Å². The van der Waals surface area contributed by atoms with Crippen LogP contribution in [0.2, 0.25) is 0 Å². The van der Waals surface area contributed by atoms with Gasteiger partial charge in [-0.1, -0.05) is 12.1 Å². The molecule has 0 radical (unpaired) electrons. The molecule has 2 aromatic rings. The Balaban J connectivity index is 1.92. The first-order chi connectivity index (χ1) is 10.2. The fraction of sp³-hybridized carbons (Fsp3) is 0.250. The number of alkyl halides is 1. The van der Waals surface area contributed by atoms with E-state index in [2.05, 4.69) is 0 Å². The van der Waals surface area contributed by atoms with Crippen molar-refractivity contribution in [1.29, 1.82) is 0 Å². The van der Waals surface area contributed by atoms with Gasteiger partial charge >= 0.3 is 5.69 Å². The Bertz CT molecular complexity index is 700. The summed E-state index contributed by atoms with van der Waals surface area (Å²) in [7, 11) is 0. The lowest BCUT2D eigenvalue weighted by Crippen LogP contribution is -1.95. The molecule has 4 nitrogen and oxygen atoms in total. The van der Waals surface area contributed by atoms with Crippen LogP contribution in [0.3, 0.4) is 0 Å². The second kappa shape index (κ2) is 5.74. The van der Waals surface area contributed by atoms with Crippen molar-refractivity contribution in [3.8, 4) is 11.5 Å². The van der Waals surface area contributed by atoms with E-state index >= 15 is 0 Å². The first-order valence-corrected chi connectivity index (χ1v) is 7.34. The Labute approximate surface area is 127 Å². The molecule has 108 valence electrons. The maximum absolute atomic E-state index is 11.1. The highest BCUT2D eigenvalue weighted by Crippen LogP contribution is 2.34. The van der Waals surface area contributed by atoms with E-state index in [1.807, 2.05) is 18.2 Å². The average Bonchev–Trinajstić information content (AvgIpc) is 2.95. The highest BCUT2D eigenvalue weighted by molar-refractivity contribution is 6.17. The van der Waals surface area contributed by atoms with E-state index in [1.165, 1.54) is 17.2 Å². The fourth-order valence-electron chi connectivity index (χ4n) is 2.61. The first-order valence-electron chi connectivity index (χ1n) is 6.80. The first kappa shape index (κ1) is 13.9. The third kappa shape index (κ3) is 2.85. The highest BCUT2D eigenvalue weighted by Gasteiger charge is 2.18. The maximum atomic E-state index is 11.1. The van der Waals surface area contributed by atoms with Crippen LogP contribution in [-0.2, 0) is 18.7 Å². The molecule has 5 heteroatoms. The quantitative estimate of drug-likeness (QED) is 0.470. The van der Waals surface area contributed by atoms with Crippen LogP contribution in [-0.4, -0.2) is 4.92 Å². The van der Waals surface area contributed by atoms with Gasteiger partial charge in [0, 0.05) is 11.9 Å². The summed E-state index contributed by atoms with van der Waals surface area (Å²) in [5.74, 6) is 1.11. The van der Waals surface area contributed by atoms with Gasteiger partial charge < -0.3 is 4.74 Å². The number of nitro groups is 1. The monoisotopic (exact) mass is 303 g/mol. The second-order valence-corrected chi connectivity index (χ2v) is 5.35. The van der Waals surface area contributed by atoms with Crippen molar-refractivity contribution >= 4 is 17.3 Å². The number of aryl methyl sites for hydroxylation is 2. The number of rotatable bonds is 4. The summed E-state index contributed by atoms with van der Waals surface area (Å²) in [6, 6.07) is 10.7. The van der Waals surface area contributed by atoms with Gasteiger partial charge in [-0.05, 0) is 54.2 Å². The molecule has 0 saturated heterocycles. The van der Waals surface area contributed by atoms with E-state index in [0.29, 0.717) is 11.3 Å². The summed E-state index contributed by atoms with van der Waals surface area (Å²) in [5, 5.41) is 11.1. The van der Waals surface area contributed by atoms with E-state index in [1.54, 1.807) is 12.1 Å². The standard InChI is InChI=1S/C16H14ClNO3/c17-10-11-4-7-16(15(8-11)18(19)20)21-14-6-5-12-2-1-3-13(12)9-14/h4-9H,1-3,10H2. The molecule has 1 aliphatic rings. The van der Waals surface area contributed by atoms with Crippen LogP contribution in [0.25, 0.3) is 0 Å². The number of fused-ring (bicyclic) bond motifs is 1. The fourth-order valence-corrected chi connectivity index (χ4v) is 2.78. The Morgan fingerprint density at radius 2 is 1.95 bits per heavy atom. The lowest BCUT2D eigenvalue weighted by atomic mass is 10.1. The topological polar surface area (TPSA) is 52.4 Å². The Morgan fingerprint density at radius 3 is 2.71 bits per heavy atom. The van der Waals surface area contributed by atoms with Crippen LogP contribution < -0.4 is 4.74 Å². The van der Waals surface area contributed by atoms with Crippen LogP contribution in [0.15, 0.2) is 36.4 Å².